The van der Waals surface area contributed by atoms with Crippen molar-refractivity contribution < 1.29 is 4.79 Å². The molecular formula is C14H18N2O. The topological polar surface area (TPSA) is 46.3 Å². The first kappa shape index (κ1) is 11.9. The molecule has 0 radical (unpaired) electrons. The van der Waals surface area contributed by atoms with Gasteiger partial charge in [-0.1, -0.05) is 30.3 Å². The van der Waals surface area contributed by atoms with Gasteiger partial charge in [-0.25, -0.2) is 0 Å². The molecule has 1 aliphatic rings. The number of rotatable bonds is 2. The van der Waals surface area contributed by atoms with E-state index in [1.165, 1.54) is 0 Å². The molecule has 17 heavy (non-hydrogen) atoms. The van der Waals surface area contributed by atoms with E-state index in [0.717, 1.165) is 24.1 Å². The van der Waals surface area contributed by atoms with Crippen molar-refractivity contribution in [2.45, 2.75) is 19.4 Å². The quantitative estimate of drug-likeness (QED) is 0.785. The minimum Gasteiger partial charge on any atom is -0.337 e. The summed E-state index contributed by atoms with van der Waals surface area (Å²) in [6.45, 7) is 3.32. The van der Waals surface area contributed by atoms with Crippen LogP contribution < -0.4 is 5.73 Å². The Morgan fingerprint density at radius 1 is 1.41 bits per heavy atom. The number of amides is 1. The van der Waals surface area contributed by atoms with Crippen molar-refractivity contribution in [3.05, 3.63) is 41.5 Å². The van der Waals surface area contributed by atoms with Crippen molar-refractivity contribution in [1.82, 2.24) is 4.90 Å². The maximum absolute atomic E-state index is 12.1. The van der Waals surface area contributed by atoms with Gasteiger partial charge in [0.25, 0.3) is 0 Å². The van der Waals surface area contributed by atoms with Gasteiger partial charge in [0.15, 0.2) is 0 Å². The van der Waals surface area contributed by atoms with Crippen LogP contribution in [-0.2, 0) is 4.79 Å². The molecule has 1 fully saturated rings. The van der Waals surface area contributed by atoms with Crippen LogP contribution in [0.25, 0.3) is 6.08 Å². The molecule has 90 valence electrons. The van der Waals surface area contributed by atoms with E-state index in [2.05, 4.69) is 0 Å². The molecule has 3 nitrogen and oxygen atoms in total. The first-order valence-corrected chi connectivity index (χ1v) is 5.95. The van der Waals surface area contributed by atoms with Crippen LogP contribution in [0.4, 0.5) is 0 Å². The van der Waals surface area contributed by atoms with Gasteiger partial charge in [0, 0.05) is 24.7 Å². The van der Waals surface area contributed by atoms with Crippen LogP contribution in [0.2, 0.25) is 0 Å². The largest absolute Gasteiger partial charge is 0.337 e. The number of likely N-dealkylation sites (tertiary alicyclic amines) is 1. The molecule has 1 heterocycles. The molecule has 0 saturated carbocycles. The van der Waals surface area contributed by atoms with E-state index in [-0.39, 0.29) is 11.9 Å². The number of hydrogen-bond acceptors (Lipinski definition) is 2. The summed E-state index contributed by atoms with van der Waals surface area (Å²) in [6.07, 6.45) is 2.83. The van der Waals surface area contributed by atoms with Crippen LogP contribution in [0.1, 0.15) is 18.9 Å². The van der Waals surface area contributed by atoms with Crippen LogP contribution in [0, 0.1) is 0 Å². The van der Waals surface area contributed by atoms with Gasteiger partial charge in [0.1, 0.15) is 0 Å². The molecule has 1 aromatic carbocycles. The molecule has 0 aliphatic carbocycles. The molecule has 1 aliphatic heterocycles. The minimum absolute atomic E-state index is 0.0989. The second-order valence-corrected chi connectivity index (χ2v) is 4.54. The Hall–Kier alpha value is -1.61. The minimum atomic E-state index is 0.0989. The van der Waals surface area contributed by atoms with E-state index in [4.69, 9.17) is 5.73 Å². The van der Waals surface area contributed by atoms with Crippen molar-refractivity contribution in [3.63, 3.8) is 0 Å². The summed E-state index contributed by atoms with van der Waals surface area (Å²) < 4.78 is 0. The molecular weight excluding hydrogens is 212 g/mol. The lowest BCUT2D eigenvalue weighted by molar-refractivity contribution is -0.126. The van der Waals surface area contributed by atoms with E-state index in [0.29, 0.717) is 6.54 Å². The average Bonchev–Trinajstić information content (AvgIpc) is 2.76. The number of carbonyl (C=O) groups excluding carboxylic acids is 1. The van der Waals surface area contributed by atoms with Crippen molar-refractivity contribution in [3.8, 4) is 0 Å². The molecule has 0 unspecified atom stereocenters. The standard InChI is InChI=1S/C14H18N2O/c1-11(9-12-5-3-2-4-6-12)14(17)16-8-7-13(15)10-16/h2-6,9,13H,7-8,10,15H2,1H3/b11-9-/t13-/m0/s1. The number of nitrogens with zero attached hydrogens (tertiary/aromatic N) is 1. The highest BCUT2D eigenvalue weighted by Gasteiger charge is 2.24. The average molecular weight is 230 g/mol. The van der Waals surface area contributed by atoms with Gasteiger partial charge in [-0.2, -0.15) is 0 Å². The Labute approximate surface area is 102 Å². The van der Waals surface area contributed by atoms with Crippen LogP contribution in [0.3, 0.4) is 0 Å². The summed E-state index contributed by atoms with van der Waals surface area (Å²) >= 11 is 0. The Morgan fingerprint density at radius 2 is 2.12 bits per heavy atom. The van der Waals surface area contributed by atoms with Crippen molar-refractivity contribution in [1.29, 1.82) is 0 Å². The highest BCUT2D eigenvalue weighted by molar-refractivity contribution is 5.97. The van der Waals surface area contributed by atoms with Gasteiger partial charge >= 0.3 is 0 Å². The van der Waals surface area contributed by atoms with Gasteiger partial charge in [-0.15, -0.1) is 0 Å². The van der Waals surface area contributed by atoms with Gasteiger partial charge < -0.3 is 10.6 Å². The lowest BCUT2D eigenvalue weighted by atomic mass is 10.1. The van der Waals surface area contributed by atoms with Crippen LogP contribution in [0.5, 0.6) is 0 Å². The Bertz CT molecular complexity index is 425. The summed E-state index contributed by atoms with van der Waals surface area (Å²) in [5.41, 5.74) is 7.63. The van der Waals surface area contributed by atoms with Gasteiger partial charge in [0.05, 0.1) is 0 Å². The molecule has 0 spiro atoms. The highest BCUT2D eigenvalue weighted by atomic mass is 16.2. The zero-order chi connectivity index (χ0) is 12.3. The molecule has 1 atom stereocenters. The zero-order valence-corrected chi connectivity index (χ0v) is 10.1. The smallest absolute Gasteiger partial charge is 0.249 e. The fraction of sp³-hybridized carbons (Fsp3) is 0.357. The van der Waals surface area contributed by atoms with E-state index < -0.39 is 0 Å². The molecule has 1 aromatic rings. The Balaban J connectivity index is 2.07. The second-order valence-electron chi connectivity index (χ2n) is 4.54. The maximum atomic E-state index is 12.1. The SMILES string of the molecule is C/C(=C/c1ccccc1)C(=O)N1CC[C@H](N)C1. The lowest BCUT2D eigenvalue weighted by Gasteiger charge is -2.15. The number of carbonyl (C=O) groups is 1. The third kappa shape index (κ3) is 2.94. The summed E-state index contributed by atoms with van der Waals surface area (Å²) in [5, 5.41) is 0. The van der Waals surface area contributed by atoms with Crippen molar-refractivity contribution in [2.75, 3.05) is 13.1 Å². The van der Waals surface area contributed by atoms with Crippen molar-refractivity contribution in [2.24, 2.45) is 5.73 Å². The summed E-state index contributed by atoms with van der Waals surface area (Å²) in [5.74, 6) is 0.0989. The maximum Gasteiger partial charge on any atom is 0.249 e. The molecule has 1 amide bonds. The molecule has 1 saturated heterocycles. The first-order valence-electron chi connectivity index (χ1n) is 5.95. The van der Waals surface area contributed by atoms with E-state index >= 15 is 0 Å². The molecule has 2 rings (SSSR count). The van der Waals surface area contributed by atoms with E-state index in [9.17, 15) is 4.79 Å². The summed E-state index contributed by atoms with van der Waals surface area (Å²) in [4.78, 5) is 13.9. The third-order valence-corrected chi connectivity index (χ3v) is 3.03. The number of hydrogen-bond donors (Lipinski definition) is 1. The van der Waals surface area contributed by atoms with Crippen LogP contribution in [-0.4, -0.2) is 29.9 Å². The zero-order valence-electron chi connectivity index (χ0n) is 10.1. The third-order valence-electron chi connectivity index (χ3n) is 3.03. The predicted molar refractivity (Wildman–Crippen MR) is 69.3 cm³/mol. The molecule has 2 N–H and O–H groups in total. The fourth-order valence-corrected chi connectivity index (χ4v) is 2.08. The monoisotopic (exact) mass is 230 g/mol. The van der Waals surface area contributed by atoms with Crippen LogP contribution >= 0.6 is 0 Å². The molecule has 3 heteroatoms. The number of nitrogens with two attached hydrogens (primary N) is 1. The fourth-order valence-electron chi connectivity index (χ4n) is 2.08. The molecule has 0 aromatic heterocycles. The predicted octanol–water partition coefficient (Wildman–Crippen LogP) is 1.65. The summed E-state index contributed by atoms with van der Waals surface area (Å²) in [6, 6.07) is 10.0. The normalized spacial score (nSPS) is 20.7. The molecule has 0 bridgehead atoms. The van der Waals surface area contributed by atoms with E-state index in [1.807, 2.05) is 48.2 Å². The lowest BCUT2D eigenvalue weighted by Crippen LogP contribution is -2.32. The second kappa shape index (κ2) is 5.15. The number of benzene rings is 1. The van der Waals surface area contributed by atoms with Gasteiger partial charge in [0.2, 0.25) is 5.91 Å². The van der Waals surface area contributed by atoms with Crippen molar-refractivity contribution >= 4 is 12.0 Å². The van der Waals surface area contributed by atoms with E-state index in [1.54, 1.807) is 0 Å². The first-order chi connectivity index (χ1) is 8.16. The summed E-state index contributed by atoms with van der Waals surface area (Å²) in [7, 11) is 0. The Morgan fingerprint density at radius 3 is 2.71 bits per heavy atom. The Kier molecular flexibility index (Phi) is 3.59. The van der Waals surface area contributed by atoms with Crippen LogP contribution in [0.15, 0.2) is 35.9 Å². The highest BCUT2D eigenvalue weighted by Crippen LogP contribution is 2.13. The van der Waals surface area contributed by atoms with Gasteiger partial charge in [-0.3, -0.25) is 4.79 Å². The van der Waals surface area contributed by atoms with Gasteiger partial charge in [-0.05, 0) is 25.0 Å².